The fraction of sp³-hybridized carbons (Fsp3) is 0.150. The fourth-order valence-corrected chi connectivity index (χ4v) is 3.91. The largest absolute Gasteiger partial charge is 0.313 e. The summed E-state index contributed by atoms with van der Waals surface area (Å²) in [5.41, 5.74) is 4.91. The number of anilines is 1. The van der Waals surface area contributed by atoms with Crippen LogP contribution in [0.5, 0.6) is 0 Å². The molecular formula is C20H20N2O3Si. The molecule has 0 atom stereocenters. The van der Waals surface area contributed by atoms with E-state index in [4.69, 9.17) is 0 Å². The van der Waals surface area contributed by atoms with Crippen LogP contribution in [-0.2, 0) is 4.79 Å². The Balaban J connectivity index is 2.07. The second kappa shape index (κ2) is 6.72. The Morgan fingerprint density at radius 3 is 2.15 bits per heavy atom. The first kappa shape index (κ1) is 17.8. The molecule has 0 saturated carbocycles. The molecule has 0 aromatic heterocycles. The van der Waals surface area contributed by atoms with Crippen molar-refractivity contribution < 1.29 is 9.72 Å². The highest BCUT2D eigenvalue weighted by Crippen LogP contribution is 2.34. The standard InChI is InChI=1S/C20H20N2O3Si/c1-26(2,3)14-19-20(23)18(13-21(19)16-7-5-4-6-8-16)15-9-11-17(12-10-15)22(24)25/h4-14H,1-3H3/b19-14+. The zero-order valence-corrected chi connectivity index (χ0v) is 16.0. The van der Waals surface area contributed by atoms with Crippen molar-refractivity contribution in [2.24, 2.45) is 0 Å². The summed E-state index contributed by atoms with van der Waals surface area (Å²) in [4.78, 5) is 25.4. The number of hydrogen-bond donors (Lipinski definition) is 0. The molecule has 0 amide bonds. The first-order valence-electron chi connectivity index (χ1n) is 8.35. The maximum atomic E-state index is 13.1. The van der Waals surface area contributed by atoms with Gasteiger partial charge in [-0.25, -0.2) is 0 Å². The van der Waals surface area contributed by atoms with Crippen molar-refractivity contribution in [3.05, 3.63) is 87.9 Å². The number of carbonyl (C=O) groups excluding carboxylic acids is 1. The third-order valence-electron chi connectivity index (χ3n) is 3.99. The van der Waals surface area contributed by atoms with Crippen LogP contribution in [0.25, 0.3) is 5.57 Å². The molecule has 1 aliphatic rings. The van der Waals surface area contributed by atoms with Gasteiger partial charge in [0.05, 0.1) is 18.7 Å². The molecule has 2 aromatic carbocycles. The van der Waals surface area contributed by atoms with Crippen LogP contribution in [0.4, 0.5) is 11.4 Å². The third kappa shape index (κ3) is 3.65. The summed E-state index contributed by atoms with van der Waals surface area (Å²) in [6.07, 6.45) is 1.82. The molecule has 0 radical (unpaired) electrons. The summed E-state index contributed by atoms with van der Waals surface area (Å²) in [5, 5.41) is 10.9. The van der Waals surface area contributed by atoms with Gasteiger partial charge in [0.15, 0.2) is 0 Å². The van der Waals surface area contributed by atoms with E-state index in [-0.39, 0.29) is 11.5 Å². The van der Waals surface area contributed by atoms with Crippen LogP contribution in [0.3, 0.4) is 0 Å². The minimum Gasteiger partial charge on any atom is -0.313 e. The Hall–Kier alpha value is -2.99. The molecule has 26 heavy (non-hydrogen) atoms. The third-order valence-corrected chi connectivity index (χ3v) is 5.13. The van der Waals surface area contributed by atoms with Crippen molar-refractivity contribution in [3.63, 3.8) is 0 Å². The Kier molecular flexibility index (Phi) is 4.61. The lowest BCUT2D eigenvalue weighted by molar-refractivity contribution is -0.384. The predicted octanol–water partition coefficient (Wildman–Crippen LogP) is 4.79. The second-order valence-corrected chi connectivity index (χ2v) is 12.3. The summed E-state index contributed by atoms with van der Waals surface area (Å²) in [5.74, 6) is -0.0508. The number of rotatable bonds is 4. The smallest absolute Gasteiger partial charge is 0.269 e. The Morgan fingerprint density at radius 1 is 1.00 bits per heavy atom. The molecule has 0 saturated heterocycles. The summed E-state index contributed by atoms with van der Waals surface area (Å²) >= 11 is 0. The van der Waals surface area contributed by atoms with Crippen molar-refractivity contribution in [2.45, 2.75) is 19.6 Å². The molecule has 0 unspecified atom stereocenters. The van der Waals surface area contributed by atoms with Gasteiger partial charge < -0.3 is 4.90 Å². The molecule has 1 aliphatic heterocycles. The fourth-order valence-electron chi connectivity index (χ4n) is 2.82. The summed E-state index contributed by atoms with van der Waals surface area (Å²) in [7, 11) is -1.64. The SMILES string of the molecule is C[Si](C)(C)/C=C1\C(=O)C(c2ccc([N+](=O)[O-])cc2)=CN1c1ccccc1. The van der Waals surface area contributed by atoms with E-state index in [1.807, 2.05) is 41.4 Å². The molecule has 0 bridgehead atoms. The number of carbonyl (C=O) groups is 1. The van der Waals surface area contributed by atoms with Crippen LogP contribution in [-0.4, -0.2) is 18.8 Å². The van der Waals surface area contributed by atoms with Gasteiger partial charge in [-0.05, 0) is 29.8 Å². The van der Waals surface area contributed by atoms with Crippen molar-refractivity contribution in [1.82, 2.24) is 0 Å². The van der Waals surface area contributed by atoms with Crippen molar-refractivity contribution >= 4 is 30.8 Å². The monoisotopic (exact) mass is 364 g/mol. The molecule has 132 valence electrons. The maximum Gasteiger partial charge on any atom is 0.269 e. The molecule has 0 aliphatic carbocycles. The van der Waals surface area contributed by atoms with Gasteiger partial charge >= 0.3 is 0 Å². The van der Waals surface area contributed by atoms with E-state index < -0.39 is 13.0 Å². The number of allylic oxidation sites excluding steroid dienone is 1. The van der Waals surface area contributed by atoms with Gasteiger partial charge in [0.25, 0.3) is 5.69 Å². The van der Waals surface area contributed by atoms with Crippen molar-refractivity contribution in [3.8, 4) is 0 Å². The molecular weight excluding hydrogens is 344 g/mol. The van der Waals surface area contributed by atoms with Crippen molar-refractivity contribution in [1.29, 1.82) is 0 Å². The molecule has 0 N–H and O–H groups in total. The minimum atomic E-state index is -1.64. The zero-order valence-electron chi connectivity index (χ0n) is 15.0. The Bertz CT molecular complexity index is 910. The first-order valence-corrected chi connectivity index (χ1v) is 11.9. The number of ketones is 1. The molecule has 3 rings (SSSR count). The van der Waals surface area contributed by atoms with Crippen molar-refractivity contribution in [2.75, 3.05) is 4.90 Å². The maximum absolute atomic E-state index is 13.1. The lowest BCUT2D eigenvalue weighted by Gasteiger charge is -2.20. The van der Waals surface area contributed by atoms with E-state index in [2.05, 4.69) is 25.3 Å². The van der Waals surface area contributed by atoms with E-state index in [1.165, 1.54) is 12.1 Å². The van der Waals surface area contributed by atoms with E-state index in [0.29, 0.717) is 16.8 Å². The average Bonchev–Trinajstić information content (AvgIpc) is 2.91. The molecule has 6 heteroatoms. The number of nitrogens with zero attached hydrogens (tertiary/aromatic N) is 2. The van der Waals surface area contributed by atoms with Crippen LogP contribution < -0.4 is 4.90 Å². The lowest BCUT2D eigenvalue weighted by Crippen LogP contribution is -2.24. The molecule has 2 aromatic rings. The highest BCUT2D eigenvalue weighted by Gasteiger charge is 2.31. The second-order valence-electron chi connectivity index (χ2n) is 7.28. The van der Waals surface area contributed by atoms with Crippen LogP contribution >= 0.6 is 0 Å². The Labute approximate surface area is 153 Å². The summed E-state index contributed by atoms with van der Waals surface area (Å²) in [6, 6.07) is 15.8. The number of nitro benzene ring substituents is 1. The van der Waals surface area contributed by atoms with Gasteiger partial charge in [-0.3, -0.25) is 14.9 Å². The van der Waals surface area contributed by atoms with E-state index in [9.17, 15) is 14.9 Å². The van der Waals surface area contributed by atoms with Gasteiger partial charge in [-0.1, -0.05) is 43.5 Å². The first-order chi connectivity index (χ1) is 12.3. The topological polar surface area (TPSA) is 63.4 Å². The van der Waals surface area contributed by atoms with Gasteiger partial charge in [0.2, 0.25) is 5.78 Å². The van der Waals surface area contributed by atoms with Gasteiger partial charge in [0, 0.05) is 29.6 Å². The average molecular weight is 364 g/mol. The highest BCUT2D eigenvalue weighted by molar-refractivity contribution is 6.81. The van der Waals surface area contributed by atoms with Crippen LogP contribution in [0.15, 0.2) is 72.2 Å². The number of benzene rings is 2. The lowest BCUT2D eigenvalue weighted by atomic mass is 10.0. The molecule has 1 heterocycles. The van der Waals surface area contributed by atoms with Crippen LogP contribution in [0.1, 0.15) is 5.56 Å². The highest BCUT2D eigenvalue weighted by atomic mass is 28.3. The van der Waals surface area contributed by atoms with Gasteiger partial charge in [-0.15, -0.1) is 0 Å². The van der Waals surface area contributed by atoms with E-state index in [1.54, 1.807) is 12.1 Å². The van der Waals surface area contributed by atoms with Gasteiger partial charge in [0.1, 0.15) is 0 Å². The van der Waals surface area contributed by atoms with E-state index in [0.717, 1.165) is 5.69 Å². The normalized spacial score (nSPS) is 16.1. The summed E-state index contributed by atoms with van der Waals surface area (Å²) in [6.45, 7) is 6.54. The quantitative estimate of drug-likeness (QED) is 0.339. The summed E-state index contributed by atoms with van der Waals surface area (Å²) < 4.78 is 0. The molecule has 5 nitrogen and oxygen atoms in total. The number of Topliss-reactive ketones (excluding diaryl/α,β-unsaturated/α-hetero) is 1. The minimum absolute atomic E-state index is 0.0116. The number of non-ortho nitro benzene ring substituents is 1. The van der Waals surface area contributed by atoms with Crippen LogP contribution in [0, 0.1) is 10.1 Å². The van der Waals surface area contributed by atoms with Crippen LogP contribution in [0.2, 0.25) is 19.6 Å². The number of nitro groups is 1. The Morgan fingerprint density at radius 2 is 1.62 bits per heavy atom. The molecule has 0 fully saturated rings. The predicted molar refractivity (Wildman–Crippen MR) is 106 cm³/mol. The van der Waals surface area contributed by atoms with E-state index >= 15 is 0 Å². The zero-order chi connectivity index (χ0) is 18.9. The van der Waals surface area contributed by atoms with Gasteiger partial charge in [-0.2, -0.15) is 0 Å². The number of hydrogen-bond acceptors (Lipinski definition) is 4. The number of para-hydroxylation sites is 1. The molecule has 0 spiro atoms.